The topological polar surface area (TPSA) is 91.2 Å². The van der Waals surface area contributed by atoms with Gasteiger partial charge in [-0.05, 0) is 48.8 Å². The van der Waals surface area contributed by atoms with Crippen LogP contribution in [0.25, 0.3) is 0 Å². The van der Waals surface area contributed by atoms with E-state index in [0.717, 1.165) is 12.8 Å². The average molecular weight is 395 g/mol. The van der Waals surface area contributed by atoms with E-state index in [2.05, 4.69) is 10.6 Å². The van der Waals surface area contributed by atoms with E-state index in [-0.39, 0.29) is 23.9 Å². The largest absolute Gasteiger partial charge is 0.466 e. The van der Waals surface area contributed by atoms with E-state index in [1.54, 1.807) is 24.3 Å². The third kappa shape index (κ3) is 7.98. The molecule has 0 aromatic heterocycles. The SMILES string of the molecule is N#Cc1cccc(NC(=S)NC(=O)CCC(=O)OCCCc2ccccc2)c1. The molecule has 6 nitrogen and oxygen atoms in total. The van der Waals surface area contributed by atoms with Gasteiger partial charge in [0.15, 0.2) is 5.11 Å². The van der Waals surface area contributed by atoms with Gasteiger partial charge < -0.3 is 15.4 Å². The Hall–Kier alpha value is -3.24. The fourth-order valence-corrected chi connectivity index (χ4v) is 2.64. The van der Waals surface area contributed by atoms with Crippen LogP contribution in [0.5, 0.6) is 0 Å². The van der Waals surface area contributed by atoms with Crippen molar-refractivity contribution < 1.29 is 14.3 Å². The van der Waals surface area contributed by atoms with Gasteiger partial charge in [-0.3, -0.25) is 9.59 Å². The van der Waals surface area contributed by atoms with Crippen LogP contribution < -0.4 is 10.6 Å². The minimum atomic E-state index is -0.413. The number of carbonyl (C=O) groups excluding carboxylic acids is 2. The normalized spacial score (nSPS) is 9.82. The van der Waals surface area contributed by atoms with E-state index in [1.165, 1.54) is 5.56 Å². The number of esters is 1. The Morgan fingerprint density at radius 1 is 1.07 bits per heavy atom. The molecule has 0 radical (unpaired) electrons. The van der Waals surface area contributed by atoms with Crippen LogP contribution in [0.2, 0.25) is 0 Å². The zero-order chi connectivity index (χ0) is 20.2. The molecule has 0 atom stereocenters. The molecule has 0 fully saturated rings. The summed E-state index contributed by atoms with van der Waals surface area (Å²) in [6.07, 6.45) is 1.54. The number of nitrogens with zero attached hydrogens (tertiary/aromatic N) is 1. The van der Waals surface area contributed by atoms with Gasteiger partial charge in [-0.2, -0.15) is 5.26 Å². The summed E-state index contributed by atoms with van der Waals surface area (Å²) in [4.78, 5) is 23.6. The average Bonchev–Trinajstić information content (AvgIpc) is 2.70. The van der Waals surface area contributed by atoms with Crippen LogP contribution in [-0.2, 0) is 20.7 Å². The molecule has 0 aliphatic carbocycles. The van der Waals surface area contributed by atoms with E-state index in [9.17, 15) is 9.59 Å². The fraction of sp³-hybridized carbons (Fsp3) is 0.238. The van der Waals surface area contributed by atoms with Crippen molar-refractivity contribution in [3.63, 3.8) is 0 Å². The van der Waals surface area contributed by atoms with Crippen LogP contribution in [0.4, 0.5) is 5.69 Å². The highest BCUT2D eigenvalue weighted by Crippen LogP contribution is 2.09. The first-order valence-electron chi connectivity index (χ1n) is 8.87. The van der Waals surface area contributed by atoms with E-state index in [0.29, 0.717) is 17.9 Å². The Morgan fingerprint density at radius 2 is 1.86 bits per heavy atom. The number of carbonyl (C=O) groups is 2. The molecule has 0 heterocycles. The van der Waals surface area contributed by atoms with Gasteiger partial charge in [0.1, 0.15) is 0 Å². The maximum atomic E-state index is 11.9. The maximum Gasteiger partial charge on any atom is 0.306 e. The van der Waals surface area contributed by atoms with Crippen molar-refractivity contribution in [1.29, 1.82) is 5.26 Å². The number of benzene rings is 2. The van der Waals surface area contributed by atoms with Crippen molar-refractivity contribution >= 4 is 34.9 Å². The lowest BCUT2D eigenvalue weighted by molar-refractivity contribution is -0.145. The summed E-state index contributed by atoms with van der Waals surface area (Å²) in [7, 11) is 0. The van der Waals surface area contributed by atoms with Crippen LogP contribution in [0, 0.1) is 11.3 Å². The molecule has 1 amide bonds. The van der Waals surface area contributed by atoms with Gasteiger partial charge in [0, 0.05) is 12.1 Å². The predicted octanol–water partition coefficient (Wildman–Crippen LogP) is 3.33. The van der Waals surface area contributed by atoms with Gasteiger partial charge in [-0.25, -0.2) is 0 Å². The quantitative estimate of drug-likeness (QED) is 0.405. The second kappa shape index (κ2) is 11.5. The number of aryl methyl sites for hydroxylation is 1. The first-order valence-corrected chi connectivity index (χ1v) is 9.28. The molecule has 0 saturated carbocycles. The van der Waals surface area contributed by atoms with Crippen molar-refractivity contribution in [1.82, 2.24) is 5.32 Å². The third-order valence-corrected chi connectivity index (χ3v) is 3.98. The zero-order valence-corrected chi connectivity index (χ0v) is 16.1. The lowest BCUT2D eigenvalue weighted by Gasteiger charge is -2.10. The second-order valence-electron chi connectivity index (χ2n) is 6.00. The molecule has 7 heteroatoms. The first-order chi connectivity index (χ1) is 13.6. The molecular weight excluding hydrogens is 374 g/mol. The van der Waals surface area contributed by atoms with E-state index in [1.807, 2.05) is 36.4 Å². The number of nitrogens with one attached hydrogen (secondary N) is 2. The second-order valence-corrected chi connectivity index (χ2v) is 6.41. The van der Waals surface area contributed by atoms with Crippen LogP contribution in [0.15, 0.2) is 54.6 Å². The molecule has 144 valence electrons. The van der Waals surface area contributed by atoms with Crippen LogP contribution in [0.3, 0.4) is 0 Å². The lowest BCUT2D eigenvalue weighted by atomic mass is 10.1. The molecule has 2 aromatic rings. The number of anilines is 1. The highest BCUT2D eigenvalue weighted by Gasteiger charge is 2.10. The van der Waals surface area contributed by atoms with Gasteiger partial charge >= 0.3 is 5.97 Å². The molecule has 2 aromatic carbocycles. The van der Waals surface area contributed by atoms with Gasteiger partial charge in [-0.1, -0.05) is 36.4 Å². The summed E-state index contributed by atoms with van der Waals surface area (Å²) in [5, 5.41) is 14.3. The van der Waals surface area contributed by atoms with E-state index < -0.39 is 5.97 Å². The Bertz CT molecular complexity index is 863. The zero-order valence-electron chi connectivity index (χ0n) is 15.3. The Kier molecular flexibility index (Phi) is 8.63. The number of rotatable bonds is 8. The van der Waals surface area contributed by atoms with Gasteiger partial charge in [-0.15, -0.1) is 0 Å². The predicted molar refractivity (Wildman–Crippen MR) is 110 cm³/mol. The number of thiocarbonyl (C=S) groups is 1. The number of hydrogen-bond donors (Lipinski definition) is 2. The summed E-state index contributed by atoms with van der Waals surface area (Å²) in [5.74, 6) is -0.793. The minimum absolute atomic E-state index is 0.0102. The van der Waals surface area contributed by atoms with E-state index >= 15 is 0 Å². The Labute approximate surface area is 169 Å². The van der Waals surface area contributed by atoms with Crippen LogP contribution in [-0.4, -0.2) is 23.6 Å². The molecule has 0 spiro atoms. The van der Waals surface area contributed by atoms with Crippen molar-refractivity contribution in [3.05, 3.63) is 65.7 Å². The fourth-order valence-electron chi connectivity index (χ4n) is 2.41. The van der Waals surface area contributed by atoms with Crippen molar-refractivity contribution in [2.75, 3.05) is 11.9 Å². The summed E-state index contributed by atoms with van der Waals surface area (Å²) in [5.41, 5.74) is 2.27. The summed E-state index contributed by atoms with van der Waals surface area (Å²) in [6.45, 7) is 0.324. The molecular formula is C21H21N3O3S. The van der Waals surface area contributed by atoms with Crippen LogP contribution >= 0.6 is 12.2 Å². The summed E-state index contributed by atoms with van der Waals surface area (Å²) in [6, 6.07) is 18.7. The summed E-state index contributed by atoms with van der Waals surface area (Å²) >= 11 is 5.06. The van der Waals surface area contributed by atoms with Crippen LogP contribution in [0.1, 0.15) is 30.4 Å². The van der Waals surface area contributed by atoms with Crippen molar-refractivity contribution in [3.8, 4) is 6.07 Å². The monoisotopic (exact) mass is 395 g/mol. The molecule has 28 heavy (non-hydrogen) atoms. The number of amides is 1. The highest BCUT2D eigenvalue weighted by atomic mass is 32.1. The Balaban J connectivity index is 1.61. The molecule has 2 rings (SSSR count). The smallest absolute Gasteiger partial charge is 0.306 e. The maximum absolute atomic E-state index is 11.9. The standard InChI is InChI=1S/C21H21N3O3S/c22-15-17-8-4-10-18(14-17)23-21(28)24-19(25)11-12-20(26)27-13-5-9-16-6-2-1-3-7-16/h1-4,6-8,10,14H,5,9,11-13H2,(H2,23,24,25,28). The van der Waals surface area contributed by atoms with Gasteiger partial charge in [0.05, 0.1) is 24.7 Å². The molecule has 0 bridgehead atoms. The third-order valence-electron chi connectivity index (χ3n) is 3.77. The molecule has 0 saturated heterocycles. The number of hydrogen-bond acceptors (Lipinski definition) is 5. The van der Waals surface area contributed by atoms with Gasteiger partial charge in [0.2, 0.25) is 5.91 Å². The minimum Gasteiger partial charge on any atom is -0.466 e. The Morgan fingerprint density at radius 3 is 2.61 bits per heavy atom. The molecule has 0 unspecified atom stereocenters. The number of ether oxygens (including phenoxy) is 1. The van der Waals surface area contributed by atoms with Gasteiger partial charge in [0.25, 0.3) is 0 Å². The van der Waals surface area contributed by atoms with Crippen molar-refractivity contribution in [2.45, 2.75) is 25.7 Å². The van der Waals surface area contributed by atoms with Crippen molar-refractivity contribution in [2.24, 2.45) is 0 Å². The first kappa shape index (κ1) is 21.1. The van der Waals surface area contributed by atoms with E-state index in [4.69, 9.17) is 22.2 Å². The molecule has 0 aliphatic rings. The molecule has 0 aliphatic heterocycles. The molecule has 2 N–H and O–H groups in total. The lowest BCUT2D eigenvalue weighted by Crippen LogP contribution is -2.34. The highest BCUT2D eigenvalue weighted by molar-refractivity contribution is 7.80. The summed E-state index contributed by atoms with van der Waals surface area (Å²) < 4.78 is 5.14. The number of nitriles is 1.